The third kappa shape index (κ3) is 3.60. The first-order chi connectivity index (χ1) is 9.63. The van der Waals surface area contributed by atoms with Gasteiger partial charge in [-0.3, -0.25) is 4.79 Å². The van der Waals surface area contributed by atoms with Crippen LogP contribution in [-0.2, 0) is 0 Å². The summed E-state index contributed by atoms with van der Waals surface area (Å²) >= 11 is 2.04. The van der Waals surface area contributed by atoms with Crippen LogP contribution in [0.1, 0.15) is 36.5 Å². The summed E-state index contributed by atoms with van der Waals surface area (Å²) in [5.74, 6) is 1.07. The second kappa shape index (κ2) is 6.88. The Bertz CT molecular complexity index is 478. The Morgan fingerprint density at radius 3 is 2.90 bits per heavy atom. The van der Waals surface area contributed by atoms with Gasteiger partial charge in [-0.2, -0.15) is 11.8 Å². The van der Waals surface area contributed by atoms with Crippen molar-refractivity contribution in [3.63, 3.8) is 0 Å². The Hall–Kier alpha value is -1.36. The van der Waals surface area contributed by atoms with E-state index in [1.165, 1.54) is 25.0 Å². The molecular weight excluding hydrogens is 270 g/mol. The van der Waals surface area contributed by atoms with Crippen molar-refractivity contribution in [1.29, 1.82) is 0 Å². The number of carbonyl (C=O) groups excluding carboxylic acids is 1. The zero-order chi connectivity index (χ0) is 14.5. The summed E-state index contributed by atoms with van der Waals surface area (Å²) in [7, 11) is 1.62. The van der Waals surface area contributed by atoms with Gasteiger partial charge in [0.15, 0.2) is 0 Å². The number of benzene rings is 1. The van der Waals surface area contributed by atoms with Gasteiger partial charge in [-0.05, 0) is 43.2 Å². The average Bonchev–Trinajstić information content (AvgIpc) is 2.88. The standard InChI is InChI=1S/C15H23N3OS/c1-3-20-12-6-5-11(9-12)18-14-7-4-10(8-13(14)16)15(19)17-2/h4,7-8,11-12,18H,3,5-6,9,16H2,1-2H3,(H,17,19). The minimum absolute atomic E-state index is 0.108. The topological polar surface area (TPSA) is 67.2 Å². The Morgan fingerprint density at radius 2 is 2.25 bits per heavy atom. The number of thioether (sulfide) groups is 1. The van der Waals surface area contributed by atoms with Gasteiger partial charge in [0.2, 0.25) is 0 Å². The van der Waals surface area contributed by atoms with E-state index in [9.17, 15) is 4.79 Å². The van der Waals surface area contributed by atoms with Gasteiger partial charge in [-0.1, -0.05) is 6.92 Å². The second-order valence-electron chi connectivity index (χ2n) is 5.11. The molecule has 1 amide bonds. The van der Waals surface area contributed by atoms with Crippen molar-refractivity contribution in [2.75, 3.05) is 23.9 Å². The number of hydrogen-bond acceptors (Lipinski definition) is 4. The molecule has 0 spiro atoms. The molecule has 1 saturated carbocycles. The van der Waals surface area contributed by atoms with Gasteiger partial charge in [-0.25, -0.2) is 0 Å². The molecule has 0 bridgehead atoms. The smallest absolute Gasteiger partial charge is 0.251 e. The summed E-state index contributed by atoms with van der Waals surface area (Å²) in [4.78, 5) is 11.5. The first kappa shape index (κ1) is 15.0. The van der Waals surface area contributed by atoms with Crippen LogP contribution in [0.25, 0.3) is 0 Å². The van der Waals surface area contributed by atoms with Crippen molar-refractivity contribution in [2.45, 2.75) is 37.5 Å². The summed E-state index contributed by atoms with van der Waals surface area (Å²) in [5, 5.41) is 6.88. The van der Waals surface area contributed by atoms with Gasteiger partial charge in [-0.15, -0.1) is 0 Å². The van der Waals surface area contributed by atoms with Crippen molar-refractivity contribution in [1.82, 2.24) is 5.32 Å². The molecule has 2 unspecified atom stereocenters. The molecular formula is C15H23N3OS. The lowest BCUT2D eigenvalue weighted by molar-refractivity contribution is 0.0963. The van der Waals surface area contributed by atoms with Crippen LogP contribution < -0.4 is 16.4 Å². The van der Waals surface area contributed by atoms with E-state index in [2.05, 4.69) is 17.6 Å². The van der Waals surface area contributed by atoms with Crippen LogP contribution in [0.5, 0.6) is 0 Å². The van der Waals surface area contributed by atoms with Crippen LogP contribution in [-0.4, -0.2) is 30.0 Å². The lowest BCUT2D eigenvalue weighted by Gasteiger charge is -2.16. The number of carbonyl (C=O) groups is 1. The van der Waals surface area contributed by atoms with Crippen molar-refractivity contribution < 1.29 is 4.79 Å². The zero-order valence-corrected chi connectivity index (χ0v) is 12.9. The highest BCUT2D eigenvalue weighted by Crippen LogP contribution is 2.32. The lowest BCUT2D eigenvalue weighted by atomic mass is 10.1. The molecule has 1 aliphatic carbocycles. The van der Waals surface area contributed by atoms with Crippen molar-refractivity contribution in [3.05, 3.63) is 23.8 Å². The third-order valence-corrected chi connectivity index (χ3v) is 4.92. The van der Waals surface area contributed by atoms with Gasteiger partial charge >= 0.3 is 0 Å². The predicted octanol–water partition coefficient (Wildman–Crippen LogP) is 2.71. The van der Waals surface area contributed by atoms with Crippen LogP contribution >= 0.6 is 11.8 Å². The number of nitrogens with one attached hydrogen (secondary N) is 2. The molecule has 110 valence electrons. The van der Waals surface area contributed by atoms with Crippen LogP contribution in [0.4, 0.5) is 11.4 Å². The molecule has 1 aliphatic rings. The highest BCUT2D eigenvalue weighted by Gasteiger charge is 2.24. The van der Waals surface area contributed by atoms with Crippen LogP contribution in [0.15, 0.2) is 18.2 Å². The lowest BCUT2D eigenvalue weighted by Crippen LogP contribution is -2.19. The van der Waals surface area contributed by atoms with Crippen LogP contribution in [0.2, 0.25) is 0 Å². The molecule has 4 N–H and O–H groups in total. The van der Waals surface area contributed by atoms with Gasteiger partial charge in [0, 0.05) is 23.9 Å². The minimum atomic E-state index is -0.108. The first-order valence-electron chi connectivity index (χ1n) is 7.13. The molecule has 5 heteroatoms. The summed E-state index contributed by atoms with van der Waals surface area (Å²) in [6, 6.07) is 5.94. The monoisotopic (exact) mass is 293 g/mol. The van der Waals surface area contributed by atoms with E-state index in [0.29, 0.717) is 17.3 Å². The van der Waals surface area contributed by atoms with E-state index in [4.69, 9.17) is 5.73 Å². The predicted molar refractivity (Wildman–Crippen MR) is 87.4 cm³/mol. The van der Waals surface area contributed by atoms with Gasteiger partial charge in [0.05, 0.1) is 11.4 Å². The third-order valence-electron chi connectivity index (χ3n) is 3.69. The molecule has 1 aromatic rings. The second-order valence-corrected chi connectivity index (χ2v) is 6.69. The van der Waals surface area contributed by atoms with Crippen molar-refractivity contribution in [3.8, 4) is 0 Å². The molecule has 1 fully saturated rings. The SMILES string of the molecule is CCSC1CCC(Nc2ccc(C(=O)NC)cc2N)C1. The molecule has 2 atom stereocenters. The number of anilines is 2. The first-order valence-corrected chi connectivity index (χ1v) is 8.18. The summed E-state index contributed by atoms with van der Waals surface area (Å²) in [5.41, 5.74) is 8.21. The fraction of sp³-hybridized carbons (Fsp3) is 0.533. The molecule has 2 rings (SSSR count). The van der Waals surface area contributed by atoms with E-state index in [1.807, 2.05) is 23.9 Å². The fourth-order valence-corrected chi connectivity index (χ4v) is 3.80. The summed E-state index contributed by atoms with van der Waals surface area (Å²) in [6.07, 6.45) is 3.65. The Balaban J connectivity index is 1.98. The normalized spacial score (nSPS) is 21.7. The van der Waals surface area contributed by atoms with E-state index < -0.39 is 0 Å². The van der Waals surface area contributed by atoms with E-state index in [0.717, 1.165) is 10.9 Å². The number of nitrogen functional groups attached to an aromatic ring is 1. The Kier molecular flexibility index (Phi) is 5.17. The molecule has 4 nitrogen and oxygen atoms in total. The molecule has 1 aromatic carbocycles. The average molecular weight is 293 g/mol. The van der Waals surface area contributed by atoms with Crippen molar-refractivity contribution >= 4 is 29.0 Å². The highest BCUT2D eigenvalue weighted by molar-refractivity contribution is 7.99. The maximum Gasteiger partial charge on any atom is 0.251 e. The molecule has 0 radical (unpaired) electrons. The maximum absolute atomic E-state index is 11.5. The highest BCUT2D eigenvalue weighted by atomic mass is 32.2. The molecule has 0 aliphatic heterocycles. The van der Waals surface area contributed by atoms with Crippen LogP contribution in [0, 0.1) is 0 Å². The Morgan fingerprint density at radius 1 is 1.45 bits per heavy atom. The Labute approximate surface area is 124 Å². The molecule has 0 heterocycles. The van der Waals surface area contributed by atoms with Crippen molar-refractivity contribution in [2.24, 2.45) is 0 Å². The zero-order valence-electron chi connectivity index (χ0n) is 12.1. The summed E-state index contributed by atoms with van der Waals surface area (Å²) < 4.78 is 0. The molecule has 0 aromatic heterocycles. The number of amides is 1. The quantitative estimate of drug-likeness (QED) is 0.730. The summed E-state index contributed by atoms with van der Waals surface area (Å²) in [6.45, 7) is 2.21. The van der Waals surface area contributed by atoms with Gasteiger partial charge < -0.3 is 16.4 Å². The fourth-order valence-electron chi connectivity index (χ4n) is 2.66. The molecule has 0 saturated heterocycles. The molecule has 20 heavy (non-hydrogen) atoms. The number of hydrogen-bond donors (Lipinski definition) is 3. The maximum atomic E-state index is 11.5. The number of nitrogens with two attached hydrogens (primary N) is 1. The van der Waals surface area contributed by atoms with Gasteiger partial charge in [0.1, 0.15) is 0 Å². The van der Waals surface area contributed by atoms with Crippen LogP contribution in [0.3, 0.4) is 0 Å². The van der Waals surface area contributed by atoms with E-state index in [1.54, 1.807) is 13.1 Å². The van der Waals surface area contributed by atoms with E-state index in [-0.39, 0.29) is 5.91 Å². The largest absolute Gasteiger partial charge is 0.397 e. The number of rotatable bonds is 5. The van der Waals surface area contributed by atoms with Gasteiger partial charge in [0.25, 0.3) is 5.91 Å². The minimum Gasteiger partial charge on any atom is -0.397 e. The van der Waals surface area contributed by atoms with E-state index >= 15 is 0 Å².